The third-order valence-corrected chi connectivity index (χ3v) is 3.19. The lowest BCUT2D eigenvalue weighted by Gasteiger charge is -2.33. The first-order valence-electron chi connectivity index (χ1n) is 6.29. The van der Waals surface area contributed by atoms with Crippen LogP contribution >= 0.6 is 0 Å². The van der Waals surface area contributed by atoms with Crippen molar-refractivity contribution in [3.8, 4) is 0 Å². The summed E-state index contributed by atoms with van der Waals surface area (Å²) in [7, 11) is 0. The number of likely N-dealkylation sites (tertiary alicyclic amines) is 1. The van der Waals surface area contributed by atoms with Crippen LogP contribution in [0.25, 0.3) is 0 Å². The number of ether oxygens (including phenoxy) is 1. The van der Waals surface area contributed by atoms with Crippen LogP contribution in [-0.4, -0.2) is 28.3 Å². The van der Waals surface area contributed by atoms with Crippen LogP contribution in [0.3, 0.4) is 0 Å². The molecule has 0 aromatic heterocycles. The SMILES string of the molecule is CC1(N)CCC(=O)N(C(=O)OCc2ccccc2)C1=O. The molecule has 2 N–H and O–H groups in total. The predicted octanol–water partition coefficient (Wildman–Crippen LogP) is 1.19. The lowest BCUT2D eigenvalue weighted by molar-refractivity contribution is -0.150. The molecule has 6 heteroatoms. The van der Waals surface area contributed by atoms with Crippen LogP contribution in [0, 0.1) is 0 Å². The first kappa shape index (κ1) is 14.2. The lowest BCUT2D eigenvalue weighted by atomic mass is 9.91. The number of imide groups is 3. The van der Waals surface area contributed by atoms with Crippen molar-refractivity contribution < 1.29 is 19.1 Å². The van der Waals surface area contributed by atoms with Crippen molar-refractivity contribution in [2.24, 2.45) is 5.73 Å². The Bertz CT molecular complexity index is 539. The Morgan fingerprint density at radius 2 is 2.00 bits per heavy atom. The van der Waals surface area contributed by atoms with E-state index in [1.54, 1.807) is 24.3 Å². The van der Waals surface area contributed by atoms with Crippen LogP contribution in [0.2, 0.25) is 0 Å². The summed E-state index contributed by atoms with van der Waals surface area (Å²) in [6.07, 6.45) is -0.688. The fraction of sp³-hybridized carbons (Fsp3) is 0.357. The molecular weight excluding hydrogens is 260 g/mol. The summed E-state index contributed by atoms with van der Waals surface area (Å²) < 4.78 is 4.99. The highest BCUT2D eigenvalue weighted by Crippen LogP contribution is 2.21. The van der Waals surface area contributed by atoms with Gasteiger partial charge in [0.15, 0.2) is 0 Å². The molecule has 1 atom stereocenters. The standard InChI is InChI=1S/C14H16N2O4/c1-14(15)8-7-11(17)16(12(14)18)13(19)20-9-10-5-3-2-4-6-10/h2-6H,7-9,15H2,1H3. The van der Waals surface area contributed by atoms with Gasteiger partial charge in [0, 0.05) is 6.42 Å². The molecule has 6 nitrogen and oxygen atoms in total. The molecule has 0 bridgehead atoms. The third kappa shape index (κ3) is 2.85. The summed E-state index contributed by atoms with van der Waals surface area (Å²) in [4.78, 5) is 36.1. The van der Waals surface area contributed by atoms with Gasteiger partial charge in [0.2, 0.25) is 5.91 Å². The second-order valence-corrected chi connectivity index (χ2v) is 4.99. The molecule has 1 aliphatic heterocycles. The molecule has 0 saturated carbocycles. The number of benzene rings is 1. The number of hydrogen-bond donors (Lipinski definition) is 1. The first-order valence-corrected chi connectivity index (χ1v) is 6.29. The fourth-order valence-corrected chi connectivity index (χ4v) is 1.92. The summed E-state index contributed by atoms with van der Waals surface area (Å²) in [6, 6.07) is 9.00. The summed E-state index contributed by atoms with van der Waals surface area (Å²) >= 11 is 0. The van der Waals surface area contributed by atoms with Crippen molar-refractivity contribution >= 4 is 17.9 Å². The van der Waals surface area contributed by atoms with Crippen LogP contribution in [0.15, 0.2) is 30.3 Å². The van der Waals surface area contributed by atoms with E-state index in [9.17, 15) is 14.4 Å². The van der Waals surface area contributed by atoms with Crippen molar-refractivity contribution in [2.75, 3.05) is 0 Å². The minimum Gasteiger partial charge on any atom is -0.444 e. The van der Waals surface area contributed by atoms with Gasteiger partial charge in [0.25, 0.3) is 5.91 Å². The van der Waals surface area contributed by atoms with Crippen molar-refractivity contribution in [1.82, 2.24) is 4.90 Å². The van der Waals surface area contributed by atoms with E-state index in [1.165, 1.54) is 6.92 Å². The maximum Gasteiger partial charge on any atom is 0.423 e. The van der Waals surface area contributed by atoms with Gasteiger partial charge in [-0.25, -0.2) is 4.79 Å². The average molecular weight is 276 g/mol. The van der Waals surface area contributed by atoms with E-state index in [2.05, 4.69) is 0 Å². The fourth-order valence-electron chi connectivity index (χ4n) is 1.92. The van der Waals surface area contributed by atoms with E-state index in [-0.39, 0.29) is 19.4 Å². The number of carbonyl (C=O) groups is 3. The molecule has 20 heavy (non-hydrogen) atoms. The van der Waals surface area contributed by atoms with E-state index >= 15 is 0 Å². The number of carbonyl (C=O) groups excluding carboxylic acids is 3. The van der Waals surface area contributed by atoms with Crippen molar-refractivity contribution in [1.29, 1.82) is 0 Å². The maximum absolute atomic E-state index is 12.0. The van der Waals surface area contributed by atoms with Crippen LogP contribution < -0.4 is 5.73 Å². The molecule has 1 unspecified atom stereocenters. The Morgan fingerprint density at radius 1 is 1.35 bits per heavy atom. The number of amides is 3. The second-order valence-electron chi connectivity index (χ2n) is 4.99. The van der Waals surface area contributed by atoms with Gasteiger partial charge in [-0.2, -0.15) is 4.90 Å². The number of nitrogens with zero attached hydrogens (tertiary/aromatic N) is 1. The zero-order valence-corrected chi connectivity index (χ0v) is 11.2. The smallest absolute Gasteiger partial charge is 0.423 e. The number of nitrogens with two attached hydrogens (primary N) is 1. The van der Waals surface area contributed by atoms with E-state index in [4.69, 9.17) is 10.5 Å². The summed E-state index contributed by atoms with van der Waals surface area (Å²) in [5, 5.41) is 0. The average Bonchev–Trinajstić information content (AvgIpc) is 2.43. The third-order valence-electron chi connectivity index (χ3n) is 3.19. The minimum absolute atomic E-state index is 0.00197. The van der Waals surface area contributed by atoms with Crippen molar-refractivity contribution in [3.05, 3.63) is 35.9 Å². The van der Waals surface area contributed by atoms with Crippen LogP contribution in [-0.2, 0) is 20.9 Å². The molecule has 3 amide bonds. The predicted molar refractivity (Wildman–Crippen MR) is 70.3 cm³/mol. The number of piperidine rings is 1. The van der Waals surface area contributed by atoms with Gasteiger partial charge in [-0.15, -0.1) is 0 Å². The van der Waals surface area contributed by atoms with Gasteiger partial charge >= 0.3 is 6.09 Å². The van der Waals surface area contributed by atoms with E-state index in [0.29, 0.717) is 4.90 Å². The normalized spacial score (nSPS) is 22.8. The largest absolute Gasteiger partial charge is 0.444 e. The van der Waals surface area contributed by atoms with Crippen molar-refractivity contribution in [3.63, 3.8) is 0 Å². The molecule has 106 valence electrons. The highest BCUT2D eigenvalue weighted by atomic mass is 16.6. The molecule has 0 radical (unpaired) electrons. The van der Waals surface area contributed by atoms with Gasteiger partial charge < -0.3 is 10.5 Å². The van der Waals surface area contributed by atoms with E-state index in [1.807, 2.05) is 6.07 Å². The highest BCUT2D eigenvalue weighted by molar-refractivity contribution is 6.13. The zero-order chi connectivity index (χ0) is 14.8. The molecule has 1 aromatic carbocycles. The van der Waals surface area contributed by atoms with Gasteiger partial charge in [0.1, 0.15) is 6.61 Å². The molecule has 1 heterocycles. The molecular formula is C14H16N2O4. The maximum atomic E-state index is 12.0. The Morgan fingerprint density at radius 3 is 2.65 bits per heavy atom. The highest BCUT2D eigenvalue weighted by Gasteiger charge is 2.44. The van der Waals surface area contributed by atoms with Gasteiger partial charge in [-0.1, -0.05) is 30.3 Å². The second kappa shape index (κ2) is 5.42. The number of rotatable bonds is 2. The molecule has 2 rings (SSSR count). The Labute approximate surface area is 116 Å². The van der Waals surface area contributed by atoms with Crippen LogP contribution in [0.1, 0.15) is 25.3 Å². The molecule has 0 aliphatic carbocycles. The molecule has 1 aliphatic rings. The lowest BCUT2D eigenvalue weighted by Crippen LogP contribution is -2.60. The van der Waals surface area contributed by atoms with E-state index in [0.717, 1.165) is 5.56 Å². The zero-order valence-electron chi connectivity index (χ0n) is 11.2. The first-order chi connectivity index (χ1) is 9.42. The molecule has 1 aromatic rings. The molecule has 0 spiro atoms. The summed E-state index contributed by atoms with van der Waals surface area (Å²) in [6.45, 7) is 1.50. The van der Waals surface area contributed by atoms with Crippen molar-refractivity contribution in [2.45, 2.75) is 31.9 Å². The van der Waals surface area contributed by atoms with Gasteiger partial charge in [-0.05, 0) is 18.9 Å². The Balaban J connectivity index is 2.04. The summed E-state index contributed by atoms with van der Waals surface area (Å²) in [5.41, 5.74) is 5.33. The monoisotopic (exact) mass is 276 g/mol. The van der Waals surface area contributed by atoms with E-state index < -0.39 is 23.4 Å². The van der Waals surface area contributed by atoms with Gasteiger partial charge in [0.05, 0.1) is 5.54 Å². The molecule has 1 saturated heterocycles. The van der Waals surface area contributed by atoms with Crippen LogP contribution in [0.4, 0.5) is 4.79 Å². The molecule has 1 fully saturated rings. The number of hydrogen-bond acceptors (Lipinski definition) is 5. The minimum atomic E-state index is -1.21. The Kier molecular flexibility index (Phi) is 3.85. The van der Waals surface area contributed by atoms with Crippen LogP contribution in [0.5, 0.6) is 0 Å². The Hall–Kier alpha value is -2.21. The topological polar surface area (TPSA) is 89.7 Å². The summed E-state index contributed by atoms with van der Waals surface area (Å²) in [5.74, 6) is -1.29. The van der Waals surface area contributed by atoms with Gasteiger partial charge in [-0.3, -0.25) is 9.59 Å². The quantitative estimate of drug-likeness (QED) is 0.819.